The van der Waals surface area contributed by atoms with Crippen molar-refractivity contribution in [3.63, 3.8) is 0 Å². The van der Waals surface area contributed by atoms with Gasteiger partial charge in [0.1, 0.15) is 5.75 Å². The number of hydrogen-bond donors (Lipinski definition) is 0. The molecule has 0 saturated carbocycles. The van der Waals surface area contributed by atoms with E-state index in [1.165, 1.54) is 5.69 Å². The van der Waals surface area contributed by atoms with Gasteiger partial charge in [0.2, 0.25) is 6.79 Å². The van der Waals surface area contributed by atoms with Crippen molar-refractivity contribution in [3.8, 4) is 17.2 Å². The van der Waals surface area contributed by atoms with E-state index in [1.54, 1.807) is 36.5 Å². The predicted octanol–water partition coefficient (Wildman–Crippen LogP) is 4.22. The molecule has 0 spiro atoms. The minimum atomic E-state index is -0.454. The molecule has 0 bridgehead atoms. The van der Waals surface area contributed by atoms with Crippen LogP contribution in [0.1, 0.15) is 15.9 Å². The number of anilines is 1. The summed E-state index contributed by atoms with van der Waals surface area (Å²) in [5.74, 6) is 1.18. The van der Waals surface area contributed by atoms with E-state index in [-0.39, 0.29) is 6.79 Å². The number of carbonyl (C=O) groups excluding carboxylic acids is 1. The number of nitrogens with zero attached hydrogens (tertiary/aromatic N) is 2. The maximum absolute atomic E-state index is 12.4. The fourth-order valence-electron chi connectivity index (χ4n) is 3.53. The number of morpholine rings is 1. The lowest BCUT2D eigenvalue weighted by molar-refractivity contribution is 0.0734. The van der Waals surface area contributed by atoms with Gasteiger partial charge in [-0.05, 0) is 72.3 Å². The minimum absolute atomic E-state index is 0.162. The van der Waals surface area contributed by atoms with E-state index in [2.05, 4.69) is 22.0 Å². The average molecular weight is 430 g/mol. The maximum atomic E-state index is 12.4. The molecule has 32 heavy (non-hydrogen) atoms. The van der Waals surface area contributed by atoms with Crippen LogP contribution in [0.5, 0.6) is 17.2 Å². The number of fused-ring (bicyclic) bond motifs is 1. The van der Waals surface area contributed by atoms with Gasteiger partial charge in [0.25, 0.3) is 0 Å². The lowest BCUT2D eigenvalue weighted by Crippen LogP contribution is -2.36. The molecule has 3 aromatic rings. The number of ether oxygens (including phenoxy) is 4. The fraction of sp³-hybridized carbons (Fsp3) is 0.200. The van der Waals surface area contributed by atoms with Crippen molar-refractivity contribution < 1.29 is 23.7 Å². The number of aliphatic imine (C=N–C) groups is 1. The zero-order valence-electron chi connectivity index (χ0n) is 17.4. The lowest BCUT2D eigenvalue weighted by Gasteiger charge is -2.28. The zero-order valence-corrected chi connectivity index (χ0v) is 17.4. The minimum Gasteiger partial charge on any atom is -0.454 e. The summed E-state index contributed by atoms with van der Waals surface area (Å²) < 4.78 is 21.4. The number of benzene rings is 3. The van der Waals surface area contributed by atoms with E-state index in [9.17, 15) is 4.79 Å². The van der Waals surface area contributed by atoms with E-state index in [4.69, 9.17) is 18.9 Å². The molecule has 1 fully saturated rings. The molecule has 2 heterocycles. The molecule has 0 unspecified atom stereocenters. The molecule has 162 valence electrons. The molecule has 2 aliphatic rings. The summed E-state index contributed by atoms with van der Waals surface area (Å²) in [7, 11) is 0. The SMILES string of the molecule is O=C(Oc1ccc(C=Nc2ccc(N3CCOCC3)cc2)cc1)c1ccc2c(c1)OCO2. The third-order valence-corrected chi connectivity index (χ3v) is 5.29. The van der Waals surface area contributed by atoms with Crippen molar-refractivity contribution >= 4 is 23.6 Å². The summed E-state index contributed by atoms with van der Waals surface area (Å²) in [4.78, 5) is 19.2. The Hall–Kier alpha value is -3.84. The first-order chi connectivity index (χ1) is 15.7. The zero-order chi connectivity index (χ0) is 21.8. The van der Waals surface area contributed by atoms with Gasteiger partial charge in [0, 0.05) is 25.0 Å². The van der Waals surface area contributed by atoms with Crippen LogP contribution in [0.25, 0.3) is 0 Å². The molecule has 0 aliphatic carbocycles. The van der Waals surface area contributed by atoms with E-state index < -0.39 is 5.97 Å². The van der Waals surface area contributed by atoms with E-state index in [1.807, 2.05) is 24.3 Å². The number of esters is 1. The van der Waals surface area contributed by atoms with Crippen molar-refractivity contribution in [1.29, 1.82) is 0 Å². The van der Waals surface area contributed by atoms with Gasteiger partial charge in [0.05, 0.1) is 24.5 Å². The number of carbonyl (C=O) groups is 1. The highest BCUT2D eigenvalue weighted by Gasteiger charge is 2.17. The number of rotatable bonds is 5. The van der Waals surface area contributed by atoms with Gasteiger partial charge in [-0.3, -0.25) is 4.99 Å². The van der Waals surface area contributed by atoms with Gasteiger partial charge >= 0.3 is 5.97 Å². The molecule has 0 aromatic heterocycles. The average Bonchev–Trinajstić information content (AvgIpc) is 3.32. The first-order valence-corrected chi connectivity index (χ1v) is 10.4. The topological polar surface area (TPSA) is 69.6 Å². The Morgan fingerprint density at radius 2 is 1.66 bits per heavy atom. The van der Waals surface area contributed by atoms with Crippen LogP contribution < -0.4 is 19.1 Å². The Bertz CT molecular complexity index is 1120. The van der Waals surface area contributed by atoms with Gasteiger partial charge < -0.3 is 23.8 Å². The molecule has 2 aliphatic heterocycles. The molecule has 0 radical (unpaired) electrons. The van der Waals surface area contributed by atoms with Crippen LogP contribution >= 0.6 is 0 Å². The van der Waals surface area contributed by atoms with Gasteiger partial charge in [-0.2, -0.15) is 0 Å². The molecular formula is C25H22N2O5. The second kappa shape index (κ2) is 9.11. The lowest BCUT2D eigenvalue weighted by atomic mass is 10.2. The summed E-state index contributed by atoms with van der Waals surface area (Å²) in [5, 5.41) is 0. The molecule has 5 rings (SSSR count). The van der Waals surface area contributed by atoms with E-state index >= 15 is 0 Å². The molecule has 0 amide bonds. The molecule has 0 atom stereocenters. The van der Waals surface area contributed by atoms with Crippen molar-refractivity contribution in [3.05, 3.63) is 77.9 Å². The molecule has 1 saturated heterocycles. The molecule has 7 nitrogen and oxygen atoms in total. The summed E-state index contributed by atoms with van der Waals surface area (Å²) in [6.45, 7) is 3.51. The van der Waals surface area contributed by atoms with Crippen LogP contribution in [0, 0.1) is 0 Å². The van der Waals surface area contributed by atoms with Crippen molar-refractivity contribution in [2.24, 2.45) is 4.99 Å². The highest BCUT2D eigenvalue weighted by atomic mass is 16.7. The summed E-state index contributed by atoms with van der Waals surface area (Å²) in [6.07, 6.45) is 1.78. The van der Waals surface area contributed by atoms with Crippen LogP contribution in [0.2, 0.25) is 0 Å². The second-order valence-corrected chi connectivity index (χ2v) is 7.40. The summed E-state index contributed by atoms with van der Waals surface area (Å²) >= 11 is 0. The van der Waals surface area contributed by atoms with E-state index in [0.717, 1.165) is 37.6 Å². The van der Waals surface area contributed by atoms with Gasteiger partial charge in [-0.1, -0.05) is 0 Å². The van der Waals surface area contributed by atoms with Gasteiger partial charge in [0.15, 0.2) is 11.5 Å². The Kier molecular flexibility index (Phi) is 5.72. The summed E-state index contributed by atoms with van der Waals surface area (Å²) in [5.41, 5.74) is 3.37. The Morgan fingerprint density at radius 1 is 0.906 bits per heavy atom. The predicted molar refractivity (Wildman–Crippen MR) is 121 cm³/mol. The first kappa shape index (κ1) is 20.1. The first-order valence-electron chi connectivity index (χ1n) is 10.4. The van der Waals surface area contributed by atoms with Crippen LogP contribution in [0.15, 0.2) is 71.7 Å². The Morgan fingerprint density at radius 3 is 2.44 bits per heavy atom. The quantitative estimate of drug-likeness (QED) is 0.343. The maximum Gasteiger partial charge on any atom is 0.343 e. The smallest absolute Gasteiger partial charge is 0.343 e. The van der Waals surface area contributed by atoms with Crippen LogP contribution in [0.4, 0.5) is 11.4 Å². The molecule has 7 heteroatoms. The van der Waals surface area contributed by atoms with Crippen LogP contribution in [-0.2, 0) is 4.74 Å². The largest absolute Gasteiger partial charge is 0.454 e. The highest BCUT2D eigenvalue weighted by molar-refractivity contribution is 5.92. The van der Waals surface area contributed by atoms with Crippen molar-refractivity contribution in [2.45, 2.75) is 0 Å². The van der Waals surface area contributed by atoms with Crippen molar-refractivity contribution in [1.82, 2.24) is 0 Å². The van der Waals surface area contributed by atoms with Gasteiger partial charge in [-0.25, -0.2) is 4.79 Å². The fourth-order valence-corrected chi connectivity index (χ4v) is 3.53. The van der Waals surface area contributed by atoms with Crippen molar-refractivity contribution in [2.75, 3.05) is 38.0 Å². The third kappa shape index (κ3) is 4.58. The monoisotopic (exact) mass is 430 g/mol. The molecule has 3 aromatic carbocycles. The number of hydrogen-bond acceptors (Lipinski definition) is 7. The third-order valence-electron chi connectivity index (χ3n) is 5.29. The highest BCUT2D eigenvalue weighted by Crippen LogP contribution is 2.32. The van der Waals surface area contributed by atoms with Crippen LogP contribution in [-0.4, -0.2) is 45.3 Å². The molecule has 0 N–H and O–H groups in total. The van der Waals surface area contributed by atoms with E-state index in [0.29, 0.717) is 22.8 Å². The second-order valence-electron chi connectivity index (χ2n) is 7.40. The van der Waals surface area contributed by atoms with Gasteiger partial charge in [-0.15, -0.1) is 0 Å². The summed E-state index contributed by atoms with van der Waals surface area (Å²) in [6, 6.07) is 20.3. The Balaban J connectivity index is 1.19. The molecular weight excluding hydrogens is 408 g/mol. The standard InChI is InChI=1S/C25H22N2O5/c28-25(19-3-10-23-24(15-19)31-17-30-23)32-22-8-1-18(2-9-22)16-26-20-4-6-21(7-5-20)27-11-13-29-14-12-27/h1-10,15-16H,11-14,17H2. The normalized spacial score (nSPS) is 15.2. The Labute approximate surface area is 185 Å². The van der Waals surface area contributed by atoms with Crippen LogP contribution in [0.3, 0.4) is 0 Å².